The van der Waals surface area contributed by atoms with Gasteiger partial charge < -0.3 is 9.73 Å². The number of anilines is 1. The lowest BCUT2D eigenvalue weighted by molar-refractivity contribution is -0.116. The summed E-state index contributed by atoms with van der Waals surface area (Å²) < 4.78 is 7.44. The highest BCUT2D eigenvalue weighted by atomic mass is 16.4. The maximum absolute atomic E-state index is 12.6. The van der Waals surface area contributed by atoms with Gasteiger partial charge >= 0.3 is 0 Å². The number of nitrogens with one attached hydrogen (secondary N) is 1. The highest BCUT2D eigenvalue weighted by Crippen LogP contribution is 2.26. The van der Waals surface area contributed by atoms with Crippen molar-refractivity contribution in [2.24, 2.45) is 0 Å². The Morgan fingerprint density at radius 3 is 2.45 bits per heavy atom. The van der Waals surface area contributed by atoms with Gasteiger partial charge in [0.05, 0.1) is 11.9 Å². The second-order valence-corrected chi connectivity index (χ2v) is 9.18. The van der Waals surface area contributed by atoms with E-state index < -0.39 is 0 Å². The van der Waals surface area contributed by atoms with E-state index in [0.29, 0.717) is 23.9 Å². The fourth-order valence-corrected chi connectivity index (χ4v) is 2.69. The highest BCUT2D eigenvalue weighted by molar-refractivity contribution is 5.90. The first kappa shape index (κ1) is 20.8. The van der Waals surface area contributed by atoms with Gasteiger partial charge in [0.15, 0.2) is 11.7 Å². The van der Waals surface area contributed by atoms with Crippen molar-refractivity contribution in [3.05, 3.63) is 54.0 Å². The van der Waals surface area contributed by atoms with Crippen LogP contribution in [-0.2, 0) is 22.0 Å². The highest BCUT2D eigenvalue weighted by Gasteiger charge is 2.22. The van der Waals surface area contributed by atoms with Crippen LogP contribution >= 0.6 is 0 Å². The zero-order valence-corrected chi connectivity index (χ0v) is 18.0. The van der Waals surface area contributed by atoms with Crippen LogP contribution in [0.25, 0.3) is 5.82 Å². The lowest BCUT2D eigenvalue weighted by Crippen LogP contribution is -2.16. The van der Waals surface area contributed by atoms with E-state index in [-0.39, 0.29) is 23.2 Å². The third kappa shape index (κ3) is 5.10. The summed E-state index contributed by atoms with van der Waals surface area (Å²) in [5, 5.41) is 7.62. The maximum Gasteiger partial charge on any atom is 0.226 e. The van der Waals surface area contributed by atoms with E-state index in [1.54, 1.807) is 17.1 Å². The summed E-state index contributed by atoms with van der Waals surface area (Å²) in [5.41, 5.74) is 0.619. The lowest BCUT2D eigenvalue weighted by atomic mass is 9.92. The minimum atomic E-state index is -0.152. The molecule has 0 aliphatic carbocycles. The number of hydrogen-bond donors (Lipinski definition) is 1. The van der Waals surface area contributed by atoms with Gasteiger partial charge in [0.2, 0.25) is 5.91 Å². The monoisotopic (exact) mass is 395 g/mol. The van der Waals surface area contributed by atoms with E-state index in [2.05, 4.69) is 61.9 Å². The molecule has 1 N–H and O–H groups in total. The first-order valence-corrected chi connectivity index (χ1v) is 9.81. The van der Waals surface area contributed by atoms with E-state index in [1.165, 1.54) is 0 Å². The second-order valence-electron chi connectivity index (χ2n) is 9.18. The number of aryl methyl sites for hydroxylation is 1. The Kier molecular flexibility index (Phi) is 5.59. The molecule has 0 aromatic carbocycles. The number of nitrogens with zero attached hydrogens (tertiary/aromatic N) is 4. The van der Waals surface area contributed by atoms with Crippen LogP contribution in [0, 0.1) is 0 Å². The molecule has 0 aliphatic rings. The van der Waals surface area contributed by atoms with Crippen LogP contribution in [0.3, 0.4) is 0 Å². The van der Waals surface area contributed by atoms with Crippen LogP contribution in [0.1, 0.15) is 65.3 Å². The molecule has 7 heteroatoms. The Hall–Kier alpha value is -2.96. The number of carbonyl (C=O) groups excluding carboxylic acids is 1. The molecule has 0 fully saturated rings. The second kappa shape index (κ2) is 7.81. The fourth-order valence-electron chi connectivity index (χ4n) is 2.69. The third-order valence-corrected chi connectivity index (χ3v) is 4.47. The SMILES string of the molecule is CC(C)(C)c1cc(NC(=O)CCc2ncc(C(C)(C)C)o2)n(-c2ccccn2)n1. The summed E-state index contributed by atoms with van der Waals surface area (Å²) in [6.45, 7) is 12.4. The van der Waals surface area contributed by atoms with Crippen LogP contribution < -0.4 is 5.32 Å². The molecule has 0 unspecified atom stereocenters. The van der Waals surface area contributed by atoms with E-state index in [4.69, 9.17) is 4.42 Å². The number of amides is 1. The molecule has 0 atom stereocenters. The number of carbonyl (C=O) groups is 1. The molecule has 0 spiro atoms. The largest absolute Gasteiger partial charge is 0.445 e. The molecular weight excluding hydrogens is 366 g/mol. The van der Waals surface area contributed by atoms with Crippen LogP contribution in [0.15, 0.2) is 41.1 Å². The number of hydrogen-bond acceptors (Lipinski definition) is 5. The minimum Gasteiger partial charge on any atom is -0.445 e. The molecule has 1 amide bonds. The van der Waals surface area contributed by atoms with Gasteiger partial charge in [-0.05, 0) is 12.1 Å². The van der Waals surface area contributed by atoms with Crippen molar-refractivity contribution >= 4 is 11.7 Å². The van der Waals surface area contributed by atoms with Gasteiger partial charge in [0, 0.05) is 35.9 Å². The molecule has 3 heterocycles. The Bertz CT molecular complexity index is 975. The quantitative estimate of drug-likeness (QED) is 0.691. The van der Waals surface area contributed by atoms with Gasteiger partial charge in [-0.3, -0.25) is 4.79 Å². The smallest absolute Gasteiger partial charge is 0.226 e. The number of oxazole rings is 1. The Morgan fingerprint density at radius 2 is 1.86 bits per heavy atom. The predicted octanol–water partition coefficient (Wildman–Crippen LogP) is 4.42. The predicted molar refractivity (Wildman–Crippen MR) is 112 cm³/mol. The van der Waals surface area contributed by atoms with Crippen molar-refractivity contribution in [2.75, 3.05) is 5.32 Å². The van der Waals surface area contributed by atoms with Crippen molar-refractivity contribution in [1.29, 1.82) is 0 Å². The molecule has 3 aromatic heterocycles. The van der Waals surface area contributed by atoms with Gasteiger partial charge in [-0.2, -0.15) is 9.78 Å². The van der Waals surface area contributed by atoms with Gasteiger partial charge in [-0.15, -0.1) is 0 Å². The lowest BCUT2D eigenvalue weighted by Gasteiger charge is -2.13. The Morgan fingerprint density at radius 1 is 1.10 bits per heavy atom. The average Bonchev–Trinajstić information content (AvgIpc) is 3.27. The first-order valence-electron chi connectivity index (χ1n) is 9.81. The van der Waals surface area contributed by atoms with Crippen LogP contribution in [0.5, 0.6) is 0 Å². The Balaban J connectivity index is 1.74. The van der Waals surface area contributed by atoms with E-state index in [0.717, 1.165) is 11.5 Å². The molecule has 7 nitrogen and oxygen atoms in total. The van der Waals surface area contributed by atoms with Crippen molar-refractivity contribution in [3.63, 3.8) is 0 Å². The molecule has 0 bridgehead atoms. The molecule has 154 valence electrons. The number of aromatic nitrogens is 4. The molecule has 29 heavy (non-hydrogen) atoms. The van der Waals surface area contributed by atoms with Crippen LogP contribution in [0.2, 0.25) is 0 Å². The fraction of sp³-hybridized carbons (Fsp3) is 0.455. The summed E-state index contributed by atoms with van der Waals surface area (Å²) >= 11 is 0. The standard InChI is InChI=1S/C22H29N5O2/c1-21(2,3)15-13-18(27(26-15)17-9-7-8-12-23-17)25-19(28)10-11-20-24-14-16(29-20)22(4,5)6/h7-9,12-14H,10-11H2,1-6H3,(H,25,28). The average molecular weight is 396 g/mol. The van der Waals surface area contributed by atoms with E-state index >= 15 is 0 Å². The van der Waals surface area contributed by atoms with Crippen LogP contribution in [0.4, 0.5) is 5.82 Å². The van der Waals surface area contributed by atoms with E-state index in [9.17, 15) is 4.79 Å². The number of rotatable bonds is 5. The molecule has 0 saturated carbocycles. The normalized spacial score (nSPS) is 12.2. The van der Waals surface area contributed by atoms with Gasteiger partial charge in [-0.1, -0.05) is 47.6 Å². The zero-order valence-electron chi connectivity index (χ0n) is 18.0. The Labute approximate surface area is 171 Å². The van der Waals surface area contributed by atoms with Crippen molar-refractivity contribution in [3.8, 4) is 5.82 Å². The maximum atomic E-state index is 12.6. The molecular formula is C22H29N5O2. The summed E-state index contributed by atoms with van der Waals surface area (Å²) in [7, 11) is 0. The number of pyridine rings is 1. The summed E-state index contributed by atoms with van der Waals surface area (Å²) in [6.07, 6.45) is 4.14. The van der Waals surface area contributed by atoms with Gasteiger partial charge in [0.1, 0.15) is 11.6 Å². The van der Waals surface area contributed by atoms with E-state index in [1.807, 2.05) is 24.3 Å². The first-order chi connectivity index (χ1) is 13.5. The molecule has 0 aliphatic heterocycles. The van der Waals surface area contributed by atoms with Crippen molar-refractivity contribution in [2.45, 2.75) is 65.2 Å². The molecule has 3 rings (SSSR count). The molecule has 0 radical (unpaired) electrons. The summed E-state index contributed by atoms with van der Waals surface area (Å²) in [4.78, 5) is 21.2. The third-order valence-electron chi connectivity index (χ3n) is 4.47. The minimum absolute atomic E-state index is 0.105. The van der Waals surface area contributed by atoms with Gasteiger partial charge in [-0.25, -0.2) is 9.97 Å². The van der Waals surface area contributed by atoms with Crippen molar-refractivity contribution < 1.29 is 9.21 Å². The summed E-state index contributed by atoms with van der Waals surface area (Å²) in [5.74, 6) is 2.51. The zero-order chi connectivity index (χ0) is 21.2. The van der Waals surface area contributed by atoms with Crippen LogP contribution in [-0.4, -0.2) is 25.7 Å². The van der Waals surface area contributed by atoms with Gasteiger partial charge in [0.25, 0.3) is 0 Å². The molecule has 3 aromatic rings. The molecule has 0 saturated heterocycles. The van der Waals surface area contributed by atoms with Crippen molar-refractivity contribution in [1.82, 2.24) is 19.7 Å². The topological polar surface area (TPSA) is 85.8 Å². The summed E-state index contributed by atoms with van der Waals surface area (Å²) in [6, 6.07) is 7.49.